The van der Waals surface area contributed by atoms with Crippen molar-refractivity contribution in [3.05, 3.63) is 65.2 Å². The summed E-state index contributed by atoms with van der Waals surface area (Å²) in [5.41, 5.74) is 3.33. The lowest BCUT2D eigenvalue weighted by Gasteiger charge is -2.25. The Balaban J connectivity index is 1.70. The largest absolute Gasteiger partial charge is 0.334 e. The molecule has 0 aromatic heterocycles. The molecule has 1 aliphatic carbocycles. The van der Waals surface area contributed by atoms with E-state index in [2.05, 4.69) is 38.1 Å². The number of rotatable bonds is 8. The summed E-state index contributed by atoms with van der Waals surface area (Å²) in [6.07, 6.45) is 1.95. The molecule has 6 heteroatoms. The number of likely N-dealkylation sites (N-methyl/N-ethyl adjacent to an activating group) is 1. The third-order valence-electron chi connectivity index (χ3n) is 5.39. The summed E-state index contributed by atoms with van der Waals surface area (Å²) in [7, 11) is -2.22. The standard InChI is InChI=1S/C23H30N2O3S/c1-17(2)20-9-7-19(8-10-20)15-25(21-11-12-21)23(26)16-24(4)29(27,28)22-13-5-18(3)6-14-22/h5-10,13-14,17,21H,11-12,15-16H2,1-4H3. The zero-order chi connectivity index (χ0) is 21.2. The minimum Gasteiger partial charge on any atom is -0.334 e. The van der Waals surface area contributed by atoms with Gasteiger partial charge in [-0.05, 0) is 48.9 Å². The van der Waals surface area contributed by atoms with Gasteiger partial charge >= 0.3 is 0 Å². The van der Waals surface area contributed by atoms with Gasteiger partial charge in [0.05, 0.1) is 11.4 Å². The van der Waals surface area contributed by atoms with Crippen molar-refractivity contribution in [2.45, 2.75) is 57.0 Å². The van der Waals surface area contributed by atoms with Crippen LogP contribution in [0.4, 0.5) is 0 Å². The van der Waals surface area contributed by atoms with Gasteiger partial charge in [-0.1, -0.05) is 55.8 Å². The lowest BCUT2D eigenvalue weighted by molar-refractivity contribution is -0.132. The van der Waals surface area contributed by atoms with Crippen LogP contribution in [0.3, 0.4) is 0 Å². The fourth-order valence-electron chi connectivity index (χ4n) is 3.27. The van der Waals surface area contributed by atoms with E-state index >= 15 is 0 Å². The Morgan fingerprint density at radius 1 is 1.03 bits per heavy atom. The summed E-state index contributed by atoms with van der Waals surface area (Å²) in [5, 5.41) is 0. The molecule has 0 unspecified atom stereocenters. The number of carbonyl (C=O) groups excluding carboxylic acids is 1. The molecule has 3 rings (SSSR count). The van der Waals surface area contributed by atoms with Gasteiger partial charge in [-0.15, -0.1) is 0 Å². The summed E-state index contributed by atoms with van der Waals surface area (Å²) in [4.78, 5) is 15.0. The van der Waals surface area contributed by atoms with Crippen LogP contribution in [0.15, 0.2) is 53.4 Å². The second-order valence-electron chi connectivity index (χ2n) is 8.22. The second-order valence-corrected chi connectivity index (χ2v) is 10.3. The Labute approximate surface area is 174 Å². The molecule has 0 N–H and O–H groups in total. The van der Waals surface area contributed by atoms with Crippen molar-refractivity contribution < 1.29 is 13.2 Å². The number of hydrogen-bond donors (Lipinski definition) is 0. The van der Waals surface area contributed by atoms with Crippen molar-refractivity contribution in [2.24, 2.45) is 0 Å². The number of aryl methyl sites for hydroxylation is 1. The molecule has 29 heavy (non-hydrogen) atoms. The Hall–Kier alpha value is -2.18. The first kappa shape index (κ1) is 21.5. The molecule has 0 heterocycles. The van der Waals surface area contributed by atoms with E-state index in [1.165, 1.54) is 12.6 Å². The highest BCUT2D eigenvalue weighted by molar-refractivity contribution is 7.89. The molecule has 2 aromatic carbocycles. The topological polar surface area (TPSA) is 57.7 Å². The van der Waals surface area contributed by atoms with E-state index in [1.807, 2.05) is 11.8 Å². The summed E-state index contributed by atoms with van der Waals surface area (Å²) in [6, 6.07) is 15.2. The van der Waals surface area contributed by atoms with Crippen LogP contribution >= 0.6 is 0 Å². The van der Waals surface area contributed by atoms with E-state index in [1.54, 1.807) is 24.3 Å². The first-order valence-electron chi connectivity index (χ1n) is 10.1. The normalized spacial score (nSPS) is 14.4. The van der Waals surface area contributed by atoms with Gasteiger partial charge in [-0.3, -0.25) is 4.79 Å². The van der Waals surface area contributed by atoms with Crippen LogP contribution in [0.1, 0.15) is 49.3 Å². The molecular formula is C23H30N2O3S. The number of sulfonamides is 1. The SMILES string of the molecule is Cc1ccc(S(=O)(=O)N(C)CC(=O)N(Cc2ccc(C(C)C)cc2)C2CC2)cc1. The lowest BCUT2D eigenvalue weighted by Crippen LogP contribution is -2.41. The van der Waals surface area contributed by atoms with Crippen LogP contribution in [0.2, 0.25) is 0 Å². The van der Waals surface area contributed by atoms with E-state index in [-0.39, 0.29) is 23.4 Å². The summed E-state index contributed by atoms with van der Waals surface area (Å²) in [5.74, 6) is 0.310. The molecule has 5 nitrogen and oxygen atoms in total. The minimum atomic E-state index is -3.69. The fourth-order valence-corrected chi connectivity index (χ4v) is 4.39. The van der Waals surface area contributed by atoms with Gasteiger partial charge in [0, 0.05) is 19.6 Å². The number of nitrogens with zero attached hydrogens (tertiary/aromatic N) is 2. The average molecular weight is 415 g/mol. The third kappa shape index (κ3) is 5.25. The van der Waals surface area contributed by atoms with E-state index in [4.69, 9.17) is 0 Å². The Morgan fingerprint density at radius 3 is 2.14 bits per heavy atom. The van der Waals surface area contributed by atoms with Crippen molar-refractivity contribution in [1.29, 1.82) is 0 Å². The van der Waals surface area contributed by atoms with Crippen LogP contribution in [0.25, 0.3) is 0 Å². The van der Waals surface area contributed by atoms with Crippen LogP contribution in [-0.2, 0) is 21.4 Å². The first-order valence-corrected chi connectivity index (χ1v) is 11.5. The molecule has 156 valence electrons. The molecule has 1 amide bonds. The maximum absolute atomic E-state index is 13.0. The zero-order valence-corrected chi connectivity index (χ0v) is 18.4. The highest BCUT2D eigenvalue weighted by atomic mass is 32.2. The molecular weight excluding hydrogens is 384 g/mol. The maximum Gasteiger partial charge on any atom is 0.243 e. The smallest absolute Gasteiger partial charge is 0.243 e. The van der Waals surface area contributed by atoms with Gasteiger partial charge in [0.1, 0.15) is 0 Å². The minimum absolute atomic E-state index is 0.154. The number of amides is 1. The molecule has 0 spiro atoms. The van der Waals surface area contributed by atoms with E-state index in [9.17, 15) is 13.2 Å². The van der Waals surface area contributed by atoms with Gasteiger partial charge in [-0.2, -0.15) is 4.31 Å². The van der Waals surface area contributed by atoms with E-state index in [0.717, 1.165) is 28.3 Å². The van der Waals surface area contributed by atoms with Crippen LogP contribution < -0.4 is 0 Å². The Kier molecular flexibility index (Phi) is 6.44. The Morgan fingerprint density at radius 2 is 1.62 bits per heavy atom. The lowest BCUT2D eigenvalue weighted by atomic mass is 10.0. The second kappa shape index (κ2) is 8.67. The highest BCUT2D eigenvalue weighted by Crippen LogP contribution is 2.29. The summed E-state index contributed by atoms with van der Waals surface area (Å²) >= 11 is 0. The number of benzene rings is 2. The molecule has 0 radical (unpaired) electrons. The van der Waals surface area contributed by atoms with Gasteiger partial charge in [0.25, 0.3) is 0 Å². The van der Waals surface area contributed by atoms with Crippen LogP contribution in [0, 0.1) is 6.92 Å². The van der Waals surface area contributed by atoms with E-state index in [0.29, 0.717) is 12.5 Å². The Bertz CT molecular complexity index is 947. The van der Waals surface area contributed by atoms with Crippen molar-refractivity contribution in [3.63, 3.8) is 0 Å². The monoisotopic (exact) mass is 414 g/mol. The van der Waals surface area contributed by atoms with Crippen molar-refractivity contribution in [2.75, 3.05) is 13.6 Å². The number of hydrogen-bond acceptors (Lipinski definition) is 3. The maximum atomic E-state index is 13.0. The molecule has 1 fully saturated rings. The molecule has 0 aliphatic heterocycles. The fraction of sp³-hybridized carbons (Fsp3) is 0.435. The van der Waals surface area contributed by atoms with Crippen molar-refractivity contribution in [3.8, 4) is 0 Å². The van der Waals surface area contributed by atoms with Crippen LogP contribution in [-0.4, -0.2) is 43.2 Å². The number of carbonyl (C=O) groups is 1. The quantitative estimate of drug-likeness (QED) is 0.658. The van der Waals surface area contributed by atoms with Gasteiger partial charge < -0.3 is 4.90 Å². The molecule has 2 aromatic rings. The third-order valence-corrected chi connectivity index (χ3v) is 7.21. The summed E-state index contributed by atoms with van der Waals surface area (Å²) < 4.78 is 26.8. The van der Waals surface area contributed by atoms with Crippen molar-refractivity contribution in [1.82, 2.24) is 9.21 Å². The average Bonchev–Trinajstić information content (AvgIpc) is 3.51. The van der Waals surface area contributed by atoms with Crippen LogP contribution in [0.5, 0.6) is 0 Å². The van der Waals surface area contributed by atoms with Gasteiger partial charge in [0.2, 0.25) is 15.9 Å². The van der Waals surface area contributed by atoms with Gasteiger partial charge in [-0.25, -0.2) is 8.42 Å². The molecule has 0 bridgehead atoms. The molecule has 1 aliphatic rings. The molecule has 0 atom stereocenters. The predicted octanol–water partition coefficient (Wildman–Crippen LogP) is 3.93. The predicted molar refractivity (Wildman–Crippen MR) is 115 cm³/mol. The van der Waals surface area contributed by atoms with Gasteiger partial charge in [0.15, 0.2) is 0 Å². The van der Waals surface area contributed by atoms with E-state index < -0.39 is 10.0 Å². The first-order chi connectivity index (χ1) is 13.7. The summed E-state index contributed by atoms with van der Waals surface area (Å²) in [6.45, 7) is 6.57. The van der Waals surface area contributed by atoms with Crippen molar-refractivity contribution >= 4 is 15.9 Å². The highest BCUT2D eigenvalue weighted by Gasteiger charge is 2.34. The molecule has 0 saturated heterocycles. The molecule has 1 saturated carbocycles. The zero-order valence-electron chi connectivity index (χ0n) is 17.6.